The van der Waals surface area contributed by atoms with Crippen molar-refractivity contribution < 1.29 is 9.72 Å². The summed E-state index contributed by atoms with van der Waals surface area (Å²) in [6.45, 7) is 7.52. The lowest BCUT2D eigenvalue weighted by atomic mass is 9.83. The molecule has 1 fully saturated rings. The molecule has 1 N–H and O–H groups in total. The summed E-state index contributed by atoms with van der Waals surface area (Å²) in [6, 6.07) is 15.7. The van der Waals surface area contributed by atoms with Crippen LogP contribution < -0.4 is 10.2 Å². The Morgan fingerprint density at radius 3 is 2.68 bits per heavy atom. The minimum absolute atomic E-state index is 0.0358. The van der Waals surface area contributed by atoms with E-state index in [4.69, 9.17) is 0 Å². The van der Waals surface area contributed by atoms with E-state index in [0.717, 1.165) is 37.3 Å². The van der Waals surface area contributed by atoms with E-state index in [1.807, 2.05) is 24.3 Å². The number of anilines is 1. The van der Waals surface area contributed by atoms with Crippen LogP contribution in [0.1, 0.15) is 25.0 Å². The van der Waals surface area contributed by atoms with Gasteiger partial charge < -0.3 is 10.2 Å². The molecule has 2 aliphatic heterocycles. The van der Waals surface area contributed by atoms with Crippen molar-refractivity contribution >= 4 is 17.3 Å². The Hall–Kier alpha value is -2.93. The molecular formula is C24H30N4O3. The monoisotopic (exact) mass is 422 g/mol. The predicted molar refractivity (Wildman–Crippen MR) is 121 cm³/mol. The van der Waals surface area contributed by atoms with Crippen LogP contribution in [-0.4, -0.2) is 54.0 Å². The largest absolute Gasteiger partial charge is 0.365 e. The van der Waals surface area contributed by atoms with Gasteiger partial charge in [-0.2, -0.15) is 0 Å². The third-order valence-electron chi connectivity index (χ3n) is 6.56. The van der Waals surface area contributed by atoms with Crippen LogP contribution >= 0.6 is 0 Å². The summed E-state index contributed by atoms with van der Waals surface area (Å²) < 4.78 is 0. The van der Waals surface area contributed by atoms with Crippen molar-refractivity contribution in [1.82, 2.24) is 10.2 Å². The van der Waals surface area contributed by atoms with Crippen LogP contribution in [0, 0.1) is 16.0 Å². The number of nitrogens with zero attached hydrogens (tertiary/aromatic N) is 3. The molecule has 164 valence electrons. The van der Waals surface area contributed by atoms with Crippen molar-refractivity contribution in [3.05, 3.63) is 69.8 Å². The molecule has 31 heavy (non-hydrogen) atoms. The first-order valence-electron chi connectivity index (χ1n) is 11.0. The first-order valence-corrected chi connectivity index (χ1v) is 11.0. The van der Waals surface area contributed by atoms with E-state index in [9.17, 15) is 14.9 Å². The number of fused-ring (bicyclic) bond motifs is 3. The van der Waals surface area contributed by atoms with E-state index >= 15 is 0 Å². The van der Waals surface area contributed by atoms with E-state index in [0.29, 0.717) is 19.0 Å². The number of hydrogen-bond acceptors (Lipinski definition) is 5. The van der Waals surface area contributed by atoms with Crippen LogP contribution in [0.4, 0.5) is 11.4 Å². The van der Waals surface area contributed by atoms with Gasteiger partial charge in [0, 0.05) is 50.0 Å². The Morgan fingerprint density at radius 1 is 1.19 bits per heavy atom. The number of piperazine rings is 1. The Bertz CT molecular complexity index is 947. The van der Waals surface area contributed by atoms with E-state index < -0.39 is 0 Å². The van der Waals surface area contributed by atoms with Crippen LogP contribution in [0.3, 0.4) is 0 Å². The molecular weight excluding hydrogens is 392 g/mol. The molecule has 2 unspecified atom stereocenters. The second kappa shape index (κ2) is 9.06. The molecule has 2 aromatic rings. The number of hydrogen-bond donors (Lipinski definition) is 1. The summed E-state index contributed by atoms with van der Waals surface area (Å²) in [7, 11) is 0. The lowest BCUT2D eigenvalue weighted by molar-refractivity contribution is -0.384. The van der Waals surface area contributed by atoms with Gasteiger partial charge in [-0.15, -0.1) is 0 Å². The molecule has 2 heterocycles. The highest BCUT2D eigenvalue weighted by Crippen LogP contribution is 2.38. The summed E-state index contributed by atoms with van der Waals surface area (Å²) in [5.41, 5.74) is 3.21. The molecule has 0 saturated carbocycles. The molecule has 1 saturated heterocycles. The van der Waals surface area contributed by atoms with E-state index in [1.54, 1.807) is 12.1 Å². The van der Waals surface area contributed by atoms with Gasteiger partial charge >= 0.3 is 0 Å². The fourth-order valence-electron chi connectivity index (χ4n) is 4.82. The van der Waals surface area contributed by atoms with Crippen LogP contribution in [0.15, 0.2) is 48.5 Å². The summed E-state index contributed by atoms with van der Waals surface area (Å²) in [6.07, 6.45) is 1.31. The zero-order valence-corrected chi connectivity index (χ0v) is 18.2. The number of benzene rings is 2. The fraction of sp³-hybridized carbons (Fsp3) is 0.458. The standard InChI is InChI=1S/C24H30N4O3/c1-17(2)26-12-13-27-22-9-8-20(28(30)31)14-19(22)15-21(23(27)16-26)24(29)25-11-10-18-6-4-3-5-7-18/h3-9,14,17,21,23H,10-13,15-16H2,1-2H3,(H,25,29). The van der Waals surface area contributed by atoms with Gasteiger partial charge in [-0.3, -0.25) is 19.8 Å². The number of non-ortho nitro benzene ring substituents is 1. The zero-order valence-electron chi connectivity index (χ0n) is 18.2. The Kier molecular flexibility index (Phi) is 6.23. The first kappa shape index (κ1) is 21.3. The highest BCUT2D eigenvalue weighted by atomic mass is 16.6. The average Bonchev–Trinajstić information content (AvgIpc) is 2.78. The van der Waals surface area contributed by atoms with Crippen molar-refractivity contribution in [3.8, 4) is 0 Å². The molecule has 7 nitrogen and oxygen atoms in total. The number of carbonyl (C=O) groups excluding carboxylic acids is 1. The second-order valence-corrected chi connectivity index (χ2v) is 8.76. The molecule has 0 aromatic heterocycles. The van der Waals surface area contributed by atoms with Gasteiger partial charge in [0.1, 0.15) is 0 Å². The normalized spacial score (nSPS) is 20.8. The van der Waals surface area contributed by atoms with Gasteiger partial charge in [-0.05, 0) is 43.9 Å². The number of amides is 1. The maximum absolute atomic E-state index is 13.3. The minimum atomic E-state index is -0.363. The highest BCUT2D eigenvalue weighted by molar-refractivity contribution is 5.82. The van der Waals surface area contributed by atoms with Gasteiger partial charge in [0.05, 0.1) is 16.9 Å². The molecule has 2 aliphatic rings. The van der Waals surface area contributed by atoms with Gasteiger partial charge in [-0.1, -0.05) is 30.3 Å². The number of rotatable bonds is 6. The van der Waals surface area contributed by atoms with Crippen molar-refractivity contribution in [2.45, 2.75) is 38.8 Å². The summed E-state index contributed by atoms with van der Waals surface area (Å²) in [5.74, 6) is -0.194. The van der Waals surface area contributed by atoms with E-state index in [2.05, 4.69) is 41.1 Å². The van der Waals surface area contributed by atoms with Crippen molar-refractivity contribution in [1.29, 1.82) is 0 Å². The molecule has 7 heteroatoms. The van der Waals surface area contributed by atoms with Gasteiger partial charge in [0.2, 0.25) is 5.91 Å². The minimum Gasteiger partial charge on any atom is -0.365 e. The van der Waals surface area contributed by atoms with Crippen molar-refractivity contribution in [2.24, 2.45) is 5.92 Å². The molecule has 4 rings (SSSR count). The van der Waals surface area contributed by atoms with Crippen LogP contribution in [-0.2, 0) is 17.6 Å². The summed E-state index contributed by atoms with van der Waals surface area (Å²) in [5, 5.41) is 14.4. The first-order chi connectivity index (χ1) is 14.9. The molecule has 2 aromatic carbocycles. The number of nitrogens with one attached hydrogen (secondary N) is 1. The average molecular weight is 423 g/mol. The highest BCUT2D eigenvalue weighted by Gasteiger charge is 2.42. The van der Waals surface area contributed by atoms with E-state index in [-0.39, 0.29) is 28.5 Å². The Balaban J connectivity index is 1.54. The number of carbonyl (C=O) groups is 1. The quantitative estimate of drug-likeness (QED) is 0.572. The number of nitro benzene ring substituents is 1. The van der Waals surface area contributed by atoms with Gasteiger partial charge in [0.25, 0.3) is 5.69 Å². The predicted octanol–water partition coefficient (Wildman–Crippen LogP) is 3.03. The Labute approximate surface area is 183 Å². The third-order valence-corrected chi connectivity index (χ3v) is 6.56. The molecule has 0 aliphatic carbocycles. The molecule has 1 amide bonds. The Morgan fingerprint density at radius 2 is 1.97 bits per heavy atom. The van der Waals surface area contributed by atoms with Crippen molar-refractivity contribution in [2.75, 3.05) is 31.1 Å². The van der Waals surface area contributed by atoms with E-state index in [1.165, 1.54) is 5.56 Å². The summed E-state index contributed by atoms with van der Waals surface area (Å²) >= 11 is 0. The topological polar surface area (TPSA) is 78.7 Å². The molecule has 2 atom stereocenters. The van der Waals surface area contributed by atoms with Gasteiger partial charge in [-0.25, -0.2) is 0 Å². The summed E-state index contributed by atoms with van der Waals surface area (Å²) in [4.78, 5) is 28.9. The van der Waals surface area contributed by atoms with Crippen molar-refractivity contribution in [3.63, 3.8) is 0 Å². The molecule has 0 spiro atoms. The fourth-order valence-corrected chi connectivity index (χ4v) is 4.82. The maximum atomic E-state index is 13.3. The second-order valence-electron chi connectivity index (χ2n) is 8.76. The zero-order chi connectivity index (χ0) is 22.0. The van der Waals surface area contributed by atoms with Crippen LogP contribution in [0.25, 0.3) is 0 Å². The SMILES string of the molecule is CC(C)N1CCN2c3ccc([N+](=O)[O-])cc3CC(C(=O)NCCc3ccccc3)C2C1. The molecule has 0 bridgehead atoms. The molecule has 0 radical (unpaired) electrons. The van der Waals surface area contributed by atoms with Crippen LogP contribution in [0.5, 0.6) is 0 Å². The maximum Gasteiger partial charge on any atom is 0.269 e. The lowest BCUT2D eigenvalue weighted by Gasteiger charge is -2.50. The number of nitro groups is 1. The smallest absolute Gasteiger partial charge is 0.269 e. The van der Waals surface area contributed by atoms with Crippen LogP contribution in [0.2, 0.25) is 0 Å². The third kappa shape index (κ3) is 4.56. The van der Waals surface area contributed by atoms with Gasteiger partial charge in [0.15, 0.2) is 0 Å². The lowest BCUT2D eigenvalue weighted by Crippen LogP contribution is -2.62.